The number of likely N-dealkylation sites (tertiary alicyclic amines) is 1. The van der Waals surface area contributed by atoms with Gasteiger partial charge >= 0.3 is 0 Å². The van der Waals surface area contributed by atoms with E-state index in [1.165, 1.54) is 17.0 Å². The molecule has 1 unspecified atom stereocenters. The number of piperidine rings is 2. The second-order valence-electron chi connectivity index (χ2n) is 9.41. The number of nitrogens with one attached hydrogen (secondary N) is 1. The maximum Gasteiger partial charge on any atom is 0.255 e. The molecular weight excluding hydrogens is 454 g/mol. The van der Waals surface area contributed by atoms with Crippen LogP contribution in [0.1, 0.15) is 64.2 Å². The number of imide groups is 1. The van der Waals surface area contributed by atoms with Crippen LogP contribution in [0.25, 0.3) is 0 Å². The smallest absolute Gasteiger partial charge is 0.255 e. The molecule has 3 aliphatic rings. The molecule has 2 saturated heterocycles. The van der Waals surface area contributed by atoms with Crippen LogP contribution in [0.15, 0.2) is 30.3 Å². The largest absolute Gasteiger partial charge is 0.322 e. The summed E-state index contributed by atoms with van der Waals surface area (Å²) in [6.45, 7) is 2.26. The van der Waals surface area contributed by atoms with Gasteiger partial charge in [-0.25, -0.2) is 8.78 Å². The Kier molecular flexibility index (Phi) is 6.07. The lowest BCUT2D eigenvalue weighted by molar-refractivity contribution is -0.136. The summed E-state index contributed by atoms with van der Waals surface area (Å²) in [6, 6.07) is 8.72. The third kappa shape index (κ3) is 4.42. The van der Waals surface area contributed by atoms with Gasteiger partial charge in [0.2, 0.25) is 11.8 Å². The normalized spacial score (nSPS) is 21.1. The summed E-state index contributed by atoms with van der Waals surface area (Å²) in [7, 11) is 0. The van der Waals surface area contributed by atoms with E-state index < -0.39 is 23.6 Å². The molecule has 3 aliphatic heterocycles. The topological polar surface area (TPSA) is 93.5 Å². The van der Waals surface area contributed by atoms with Crippen LogP contribution in [0.2, 0.25) is 0 Å². The Bertz CT molecular complexity index is 1260. The molecule has 7 nitrogen and oxygen atoms in total. The van der Waals surface area contributed by atoms with E-state index >= 15 is 4.39 Å². The van der Waals surface area contributed by atoms with E-state index in [2.05, 4.69) is 10.2 Å². The summed E-state index contributed by atoms with van der Waals surface area (Å²) in [6.07, 6.45) is 1.90. The molecule has 180 valence electrons. The fourth-order valence-electron chi connectivity index (χ4n) is 5.34. The molecule has 2 fully saturated rings. The molecule has 1 N–H and O–H groups in total. The van der Waals surface area contributed by atoms with Crippen molar-refractivity contribution < 1.29 is 23.2 Å². The van der Waals surface area contributed by atoms with Crippen LogP contribution in [-0.4, -0.2) is 46.7 Å². The van der Waals surface area contributed by atoms with Gasteiger partial charge < -0.3 is 4.90 Å². The third-order valence-corrected chi connectivity index (χ3v) is 7.23. The first kappa shape index (κ1) is 23.1. The SMILES string of the molecule is N#Cc1cc(CN2CCC(c3cc4c(cc3F)C(=O)N(C3CCC(=O)NC3=O)C4)CC2)ccc1F. The zero-order valence-corrected chi connectivity index (χ0v) is 19.0. The van der Waals surface area contributed by atoms with Crippen molar-refractivity contribution in [2.75, 3.05) is 13.1 Å². The maximum atomic E-state index is 15.1. The molecule has 2 aromatic rings. The minimum absolute atomic E-state index is 0.000750. The zero-order chi connectivity index (χ0) is 24.7. The summed E-state index contributed by atoms with van der Waals surface area (Å²) < 4.78 is 28.7. The average molecular weight is 478 g/mol. The molecule has 5 rings (SSSR count). The predicted molar refractivity (Wildman–Crippen MR) is 121 cm³/mol. The van der Waals surface area contributed by atoms with Crippen LogP contribution in [-0.2, 0) is 22.7 Å². The Morgan fingerprint density at radius 2 is 1.80 bits per heavy atom. The Balaban J connectivity index is 1.26. The number of hydrogen-bond acceptors (Lipinski definition) is 5. The number of hydrogen-bond donors (Lipinski definition) is 1. The molecule has 35 heavy (non-hydrogen) atoms. The number of nitriles is 1. The van der Waals surface area contributed by atoms with Crippen LogP contribution < -0.4 is 5.32 Å². The van der Waals surface area contributed by atoms with Crippen LogP contribution in [0.5, 0.6) is 0 Å². The molecule has 3 heterocycles. The number of amides is 3. The monoisotopic (exact) mass is 478 g/mol. The van der Waals surface area contributed by atoms with Crippen molar-refractivity contribution >= 4 is 17.7 Å². The van der Waals surface area contributed by atoms with E-state index in [1.54, 1.807) is 18.2 Å². The van der Waals surface area contributed by atoms with Gasteiger partial charge in [0.1, 0.15) is 23.7 Å². The van der Waals surface area contributed by atoms with Gasteiger partial charge in [0.15, 0.2) is 0 Å². The lowest BCUT2D eigenvalue weighted by Gasteiger charge is -2.32. The summed E-state index contributed by atoms with van der Waals surface area (Å²) in [5.74, 6) is -2.17. The van der Waals surface area contributed by atoms with Crippen molar-refractivity contribution in [3.05, 3.63) is 69.8 Å². The van der Waals surface area contributed by atoms with E-state index in [9.17, 15) is 18.8 Å². The van der Waals surface area contributed by atoms with E-state index in [4.69, 9.17) is 5.26 Å². The molecule has 0 aliphatic carbocycles. The summed E-state index contributed by atoms with van der Waals surface area (Å²) in [4.78, 5) is 40.2. The minimum Gasteiger partial charge on any atom is -0.322 e. The first-order valence-electron chi connectivity index (χ1n) is 11.7. The summed E-state index contributed by atoms with van der Waals surface area (Å²) >= 11 is 0. The van der Waals surface area contributed by atoms with Crippen molar-refractivity contribution in [2.24, 2.45) is 0 Å². The van der Waals surface area contributed by atoms with Gasteiger partial charge in [0.25, 0.3) is 5.91 Å². The number of benzene rings is 2. The molecule has 0 spiro atoms. The second-order valence-corrected chi connectivity index (χ2v) is 9.41. The van der Waals surface area contributed by atoms with Crippen LogP contribution in [0, 0.1) is 23.0 Å². The number of halogens is 2. The van der Waals surface area contributed by atoms with Crippen LogP contribution >= 0.6 is 0 Å². The molecule has 2 aromatic carbocycles. The van der Waals surface area contributed by atoms with Crippen molar-refractivity contribution in [1.29, 1.82) is 5.26 Å². The van der Waals surface area contributed by atoms with E-state index in [0.717, 1.165) is 31.5 Å². The molecule has 0 bridgehead atoms. The van der Waals surface area contributed by atoms with Crippen molar-refractivity contribution in [1.82, 2.24) is 15.1 Å². The highest BCUT2D eigenvalue weighted by atomic mass is 19.1. The minimum atomic E-state index is -0.727. The van der Waals surface area contributed by atoms with Crippen molar-refractivity contribution in [3.63, 3.8) is 0 Å². The number of nitrogens with zero attached hydrogens (tertiary/aromatic N) is 3. The van der Waals surface area contributed by atoms with Gasteiger partial charge in [-0.2, -0.15) is 5.26 Å². The Morgan fingerprint density at radius 3 is 2.51 bits per heavy atom. The zero-order valence-electron chi connectivity index (χ0n) is 19.0. The summed E-state index contributed by atoms with van der Waals surface area (Å²) in [5.41, 5.74) is 2.44. The van der Waals surface area contributed by atoms with Crippen molar-refractivity contribution in [2.45, 2.75) is 50.7 Å². The highest BCUT2D eigenvalue weighted by Gasteiger charge is 2.40. The Labute approximate surface area is 201 Å². The molecule has 0 radical (unpaired) electrons. The Hall–Kier alpha value is -3.64. The fourth-order valence-corrected chi connectivity index (χ4v) is 5.34. The number of carbonyl (C=O) groups excluding carboxylic acids is 3. The number of rotatable bonds is 4. The van der Waals surface area contributed by atoms with Gasteiger partial charge in [-0.05, 0) is 73.2 Å². The molecule has 9 heteroatoms. The Morgan fingerprint density at radius 1 is 1.03 bits per heavy atom. The van der Waals surface area contributed by atoms with Crippen molar-refractivity contribution in [3.8, 4) is 6.07 Å². The average Bonchev–Trinajstić information content (AvgIpc) is 3.15. The molecule has 0 saturated carbocycles. The van der Waals surface area contributed by atoms with Gasteiger partial charge in [0.05, 0.1) is 5.56 Å². The quantitative estimate of drug-likeness (QED) is 0.682. The first-order valence-corrected chi connectivity index (χ1v) is 11.7. The number of fused-ring (bicyclic) bond motifs is 1. The van der Waals surface area contributed by atoms with Gasteiger partial charge in [0, 0.05) is 25.1 Å². The standard InChI is InChI=1S/C26H24F2N4O3/c27-21-2-1-15(9-17(21)12-29)13-31-7-5-16(6-8-31)19-10-18-14-32(26(35)20(18)11-22(19)28)23-3-4-24(33)30-25(23)34/h1-2,9-11,16,23H,3-8,13-14H2,(H,30,33,34). The third-order valence-electron chi connectivity index (χ3n) is 7.23. The molecule has 1 atom stereocenters. The lowest BCUT2D eigenvalue weighted by atomic mass is 9.87. The maximum absolute atomic E-state index is 15.1. The second kappa shape index (κ2) is 9.19. The highest BCUT2D eigenvalue weighted by molar-refractivity contribution is 6.05. The van der Waals surface area contributed by atoms with Crippen LogP contribution in [0.4, 0.5) is 8.78 Å². The fraction of sp³-hybridized carbons (Fsp3) is 0.385. The van der Waals surface area contributed by atoms with E-state index in [-0.39, 0.29) is 48.2 Å². The van der Waals surface area contributed by atoms with Gasteiger partial charge in [-0.15, -0.1) is 0 Å². The van der Waals surface area contributed by atoms with Gasteiger partial charge in [-0.1, -0.05) is 12.1 Å². The van der Waals surface area contributed by atoms with E-state index in [1.807, 2.05) is 6.07 Å². The molecular formula is C26H24F2N4O3. The first-order chi connectivity index (χ1) is 16.8. The summed E-state index contributed by atoms with van der Waals surface area (Å²) in [5, 5.41) is 11.3. The predicted octanol–water partition coefficient (Wildman–Crippen LogP) is 2.98. The molecule has 0 aromatic heterocycles. The lowest BCUT2D eigenvalue weighted by Crippen LogP contribution is -2.52. The highest BCUT2D eigenvalue weighted by Crippen LogP contribution is 2.35. The number of carbonyl (C=O) groups is 3. The van der Waals surface area contributed by atoms with Gasteiger partial charge in [-0.3, -0.25) is 24.6 Å². The molecule has 3 amide bonds. The van der Waals surface area contributed by atoms with E-state index in [0.29, 0.717) is 17.7 Å². The van der Waals surface area contributed by atoms with Crippen LogP contribution in [0.3, 0.4) is 0 Å².